The monoisotopic (exact) mass is 289 g/mol. The van der Waals surface area contributed by atoms with Crippen molar-refractivity contribution in [2.24, 2.45) is 5.92 Å². The molecule has 6 nitrogen and oxygen atoms in total. The molecule has 0 radical (unpaired) electrons. The molecule has 0 saturated carbocycles. The minimum absolute atomic E-state index is 0.0626. The Labute approximate surface area is 114 Å². The predicted octanol–water partition coefficient (Wildman–Crippen LogP) is 0.898. The molecule has 0 fully saturated rings. The summed E-state index contributed by atoms with van der Waals surface area (Å²) in [7, 11) is -3.56. The number of aryl methyl sites for hydroxylation is 2. The Morgan fingerprint density at radius 3 is 2.79 bits per heavy atom. The zero-order chi connectivity index (χ0) is 14.5. The van der Waals surface area contributed by atoms with Gasteiger partial charge >= 0.3 is 0 Å². The number of aliphatic hydroxyl groups is 1. The second-order valence-corrected chi connectivity index (χ2v) is 6.50. The number of aliphatic hydroxyl groups excluding tert-OH is 1. The molecule has 0 aliphatic carbocycles. The maximum atomic E-state index is 12.1. The van der Waals surface area contributed by atoms with Gasteiger partial charge in [0.05, 0.1) is 0 Å². The van der Waals surface area contributed by atoms with Crippen LogP contribution in [0.25, 0.3) is 0 Å². The summed E-state index contributed by atoms with van der Waals surface area (Å²) in [5.41, 5.74) is 0. The van der Waals surface area contributed by atoms with Crippen molar-refractivity contribution < 1.29 is 13.5 Å². The van der Waals surface area contributed by atoms with Gasteiger partial charge in [-0.05, 0) is 25.7 Å². The molecule has 0 bridgehead atoms. The highest BCUT2D eigenvalue weighted by atomic mass is 32.2. The Kier molecular flexibility index (Phi) is 5.96. The average Bonchev–Trinajstić information content (AvgIpc) is 2.71. The maximum absolute atomic E-state index is 12.1. The summed E-state index contributed by atoms with van der Waals surface area (Å²) in [4.78, 5) is 4.09. The van der Waals surface area contributed by atoms with Crippen LogP contribution in [0.5, 0.6) is 0 Å². The largest absolute Gasteiger partial charge is 0.396 e. The van der Waals surface area contributed by atoms with Crippen LogP contribution in [0.1, 0.15) is 32.5 Å². The van der Waals surface area contributed by atoms with Crippen molar-refractivity contribution in [1.82, 2.24) is 14.3 Å². The van der Waals surface area contributed by atoms with E-state index in [2.05, 4.69) is 9.71 Å². The fourth-order valence-electron chi connectivity index (χ4n) is 1.72. The van der Waals surface area contributed by atoms with E-state index in [1.54, 1.807) is 13.1 Å². The van der Waals surface area contributed by atoms with Crippen molar-refractivity contribution in [3.8, 4) is 0 Å². The van der Waals surface area contributed by atoms with Gasteiger partial charge in [-0.25, -0.2) is 18.1 Å². The Bertz CT molecular complexity index is 496. The first-order valence-electron chi connectivity index (χ1n) is 6.55. The third-order valence-electron chi connectivity index (χ3n) is 2.94. The molecule has 2 N–H and O–H groups in total. The lowest BCUT2D eigenvalue weighted by molar-refractivity contribution is 0.263. The summed E-state index contributed by atoms with van der Waals surface area (Å²) in [6.07, 6.45) is 3.07. The first kappa shape index (κ1) is 16.1. The molecule has 1 heterocycles. The lowest BCUT2D eigenvalue weighted by atomic mass is 10.1. The SMILES string of the molecule is CCCn1cc(S(=O)(=O)NCC(C)CCO)nc1C. The smallest absolute Gasteiger partial charge is 0.259 e. The van der Waals surface area contributed by atoms with E-state index in [1.807, 2.05) is 18.4 Å². The number of hydrogen-bond donors (Lipinski definition) is 2. The molecule has 0 aliphatic rings. The topological polar surface area (TPSA) is 84.2 Å². The summed E-state index contributed by atoms with van der Waals surface area (Å²) in [6, 6.07) is 0. The molecule has 110 valence electrons. The van der Waals surface area contributed by atoms with Gasteiger partial charge in [0, 0.05) is 25.9 Å². The van der Waals surface area contributed by atoms with Crippen LogP contribution in [0.15, 0.2) is 11.2 Å². The van der Waals surface area contributed by atoms with Crippen LogP contribution in [0.2, 0.25) is 0 Å². The molecule has 1 aromatic rings. The normalized spacial score (nSPS) is 13.7. The van der Waals surface area contributed by atoms with Crippen LogP contribution in [0.4, 0.5) is 0 Å². The molecule has 0 aliphatic heterocycles. The van der Waals surface area contributed by atoms with Crippen molar-refractivity contribution in [2.75, 3.05) is 13.2 Å². The van der Waals surface area contributed by atoms with Crippen molar-refractivity contribution in [3.63, 3.8) is 0 Å². The summed E-state index contributed by atoms with van der Waals surface area (Å²) in [5.74, 6) is 0.796. The lowest BCUT2D eigenvalue weighted by Crippen LogP contribution is -2.29. The molecule has 0 aromatic carbocycles. The van der Waals surface area contributed by atoms with Gasteiger partial charge in [-0.3, -0.25) is 0 Å². The molecule has 0 spiro atoms. The summed E-state index contributed by atoms with van der Waals surface area (Å²) in [5, 5.41) is 8.85. The highest BCUT2D eigenvalue weighted by molar-refractivity contribution is 7.89. The second kappa shape index (κ2) is 7.02. The molecule has 0 saturated heterocycles. The number of nitrogens with one attached hydrogen (secondary N) is 1. The van der Waals surface area contributed by atoms with E-state index in [4.69, 9.17) is 5.11 Å². The molecular formula is C12H23N3O3S. The van der Waals surface area contributed by atoms with Gasteiger partial charge in [0.25, 0.3) is 10.0 Å². The number of nitrogens with zero attached hydrogens (tertiary/aromatic N) is 2. The van der Waals surface area contributed by atoms with E-state index in [0.29, 0.717) is 18.8 Å². The van der Waals surface area contributed by atoms with Crippen molar-refractivity contribution >= 4 is 10.0 Å². The highest BCUT2D eigenvalue weighted by Gasteiger charge is 2.19. The molecule has 1 aromatic heterocycles. The summed E-state index contributed by atoms with van der Waals surface area (Å²) < 4.78 is 28.5. The van der Waals surface area contributed by atoms with E-state index in [1.165, 1.54) is 0 Å². The Morgan fingerprint density at radius 1 is 1.53 bits per heavy atom. The third-order valence-corrected chi connectivity index (χ3v) is 4.23. The van der Waals surface area contributed by atoms with Crippen LogP contribution in [-0.4, -0.2) is 36.2 Å². The molecule has 1 atom stereocenters. The van der Waals surface area contributed by atoms with Gasteiger partial charge in [-0.2, -0.15) is 0 Å². The molecule has 1 unspecified atom stereocenters. The quantitative estimate of drug-likeness (QED) is 0.744. The number of hydrogen-bond acceptors (Lipinski definition) is 4. The predicted molar refractivity (Wildman–Crippen MR) is 73.3 cm³/mol. The molecule has 19 heavy (non-hydrogen) atoms. The highest BCUT2D eigenvalue weighted by Crippen LogP contribution is 2.10. The minimum Gasteiger partial charge on any atom is -0.396 e. The fraction of sp³-hybridized carbons (Fsp3) is 0.750. The summed E-state index contributed by atoms with van der Waals surface area (Å²) in [6.45, 7) is 6.84. The van der Waals surface area contributed by atoms with Crippen molar-refractivity contribution in [1.29, 1.82) is 0 Å². The van der Waals surface area contributed by atoms with Crippen LogP contribution in [0.3, 0.4) is 0 Å². The third kappa shape index (κ3) is 4.59. The van der Waals surface area contributed by atoms with E-state index < -0.39 is 10.0 Å². The van der Waals surface area contributed by atoms with Gasteiger partial charge in [0.2, 0.25) is 0 Å². The minimum atomic E-state index is -3.56. The number of sulfonamides is 1. The van der Waals surface area contributed by atoms with Crippen molar-refractivity contribution in [2.45, 2.75) is 45.2 Å². The Balaban J connectivity index is 2.74. The number of rotatable bonds is 8. The van der Waals surface area contributed by atoms with Crippen LogP contribution in [0, 0.1) is 12.8 Å². The number of aromatic nitrogens is 2. The fourth-order valence-corrected chi connectivity index (χ4v) is 2.89. The number of imidazole rings is 1. The van der Waals surface area contributed by atoms with Gasteiger partial charge in [-0.15, -0.1) is 0 Å². The Hall–Kier alpha value is -0.920. The molecule has 1 rings (SSSR count). The second-order valence-electron chi connectivity index (χ2n) is 4.79. The van der Waals surface area contributed by atoms with Crippen LogP contribution < -0.4 is 4.72 Å². The van der Waals surface area contributed by atoms with Crippen molar-refractivity contribution in [3.05, 3.63) is 12.0 Å². The van der Waals surface area contributed by atoms with E-state index >= 15 is 0 Å². The van der Waals surface area contributed by atoms with Crippen LogP contribution in [-0.2, 0) is 16.6 Å². The van der Waals surface area contributed by atoms with E-state index in [0.717, 1.165) is 13.0 Å². The van der Waals surface area contributed by atoms with Crippen LogP contribution >= 0.6 is 0 Å². The van der Waals surface area contributed by atoms with Gasteiger partial charge < -0.3 is 9.67 Å². The first-order valence-corrected chi connectivity index (χ1v) is 8.03. The standard InChI is InChI=1S/C12H23N3O3S/c1-4-6-15-9-12(14-11(15)3)19(17,18)13-8-10(2)5-7-16/h9-10,13,16H,4-8H2,1-3H3. The summed E-state index contributed by atoms with van der Waals surface area (Å²) >= 11 is 0. The molecule has 0 amide bonds. The van der Waals surface area contributed by atoms with Gasteiger partial charge in [0.15, 0.2) is 5.03 Å². The molecular weight excluding hydrogens is 266 g/mol. The van der Waals surface area contributed by atoms with Gasteiger partial charge in [-0.1, -0.05) is 13.8 Å². The zero-order valence-corrected chi connectivity index (χ0v) is 12.6. The average molecular weight is 289 g/mol. The first-order chi connectivity index (χ1) is 8.90. The Morgan fingerprint density at radius 2 is 2.21 bits per heavy atom. The zero-order valence-electron chi connectivity index (χ0n) is 11.8. The maximum Gasteiger partial charge on any atom is 0.259 e. The van der Waals surface area contributed by atoms with E-state index in [9.17, 15) is 8.42 Å². The molecule has 7 heteroatoms. The lowest BCUT2D eigenvalue weighted by Gasteiger charge is -2.10. The van der Waals surface area contributed by atoms with E-state index in [-0.39, 0.29) is 17.6 Å². The van der Waals surface area contributed by atoms with Gasteiger partial charge in [0.1, 0.15) is 5.82 Å².